The van der Waals surface area contributed by atoms with Gasteiger partial charge in [-0.3, -0.25) is 9.59 Å². The number of fused-ring (bicyclic) bond motifs is 1. The molecule has 1 aromatic carbocycles. The number of primary amides is 1. The van der Waals surface area contributed by atoms with Crippen molar-refractivity contribution in [3.8, 4) is 0 Å². The zero-order valence-corrected chi connectivity index (χ0v) is 11.5. The van der Waals surface area contributed by atoms with Crippen molar-refractivity contribution in [1.29, 1.82) is 0 Å². The monoisotopic (exact) mass is 297 g/mol. The van der Waals surface area contributed by atoms with Crippen LogP contribution in [0, 0.1) is 5.82 Å². The molecule has 0 radical (unpaired) electrons. The second-order valence-corrected chi connectivity index (χ2v) is 4.94. The summed E-state index contributed by atoms with van der Waals surface area (Å²) in [5.41, 5.74) is 6.97. The molecule has 3 rings (SSSR count). The molecule has 0 unspecified atom stereocenters. The number of aromatic amines is 1. The van der Waals surface area contributed by atoms with Crippen molar-refractivity contribution in [1.82, 2.24) is 9.97 Å². The van der Waals surface area contributed by atoms with Gasteiger partial charge in [-0.05, 0) is 29.8 Å². The van der Waals surface area contributed by atoms with Crippen LogP contribution in [0.5, 0.6) is 0 Å². The molecule has 0 fully saturated rings. The minimum absolute atomic E-state index is 0.101. The summed E-state index contributed by atoms with van der Waals surface area (Å²) in [5, 5.41) is 0.693. The predicted octanol–water partition coefficient (Wildman–Crippen LogP) is 2.23. The first-order valence-electron chi connectivity index (χ1n) is 6.59. The number of ketones is 1. The highest BCUT2D eigenvalue weighted by Gasteiger charge is 2.11. The molecular formula is C16H12FN3O2. The molecule has 22 heavy (non-hydrogen) atoms. The van der Waals surface area contributed by atoms with E-state index < -0.39 is 11.7 Å². The fourth-order valence-corrected chi connectivity index (χ4v) is 2.24. The lowest BCUT2D eigenvalue weighted by Gasteiger charge is -2.02. The molecule has 5 nitrogen and oxygen atoms in total. The highest BCUT2D eigenvalue weighted by molar-refractivity contribution is 5.98. The van der Waals surface area contributed by atoms with E-state index in [2.05, 4.69) is 9.97 Å². The molecular weight excluding hydrogens is 285 g/mol. The minimum Gasteiger partial charge on any atom is -0.364 e. The number of carbonyl (C=O) groups excluding carboxylic acids is 2. The number of rotatable bonds is 4. The Morgan fingerprint density at radius 2 is 2.05 bits per heavy atom. The molecule has 2 aromatic heterocycles. The van der Waals surface area contributed by atoms with E-state index in [0.717, 1.165) is 0 Å². The number of pyridine rings is 1. The molecule has 0 aliphatic carbocycles. The highest BCUT2D eigenvalue weighted by Crippen LogP contribution is 2.16. The molecule has 0 saturated carbocycles. The molecule has 3 N–H and O–H groups in total. The van der Waals surface area contributed by atoms with Crippen molar-refractivity contribution >= 4 is 22.7 Å². The number of nitrogens with one attached hydrogen (secondary N) is 1. The van der Waals surface area contributed by atoms with E-state index in [4.69, 9.17) is 5.73 Å². The Bertz CT molecular complexity index is 886. The summed E-state index contributed by atoms with van der Waals surface area (Å²) in [6.07, 6.45) is 1.64. The lowest BCUT2D eigenvalue weighted by Crippen LogP contribution is -2.10. The molecule has 6 heteroatoms. The van der Waals surface area contributed by atoms with Gasteiger partial charge in [-0.1, -0.05) is 12.1 Å². The molecule has 0 aliphatic rings. The lowest BCUT2D eigenvalue weighted by molar-refractivity contribution is 0.0986. The van der Waals surface area contributed by atoms with Gasteiger partial charge >= 0.3 is 0 Å². The number of nitrogens with two attached hydrogens (primary N) is 1. The van der Waals surface area contributed by atoms with E-state index in [1.54, 1.807) is 24.4 Å². The van der Waals surface area contributed by atoms with Gasteiger partial charge in [0.2, 0.25) is 0 Å². The average Bonchev–Trinajstić information content (AvgIpc) is 2.90. The van der Waals surface area contributed by atoms with Crippen LogP contribution >= 0.6 is 0 Å². The summed E-state index contributed by atoms with van der Waals surface area (Å²) in [7, 11) is 0. The Morgan fingerprint density at radius 1 is 1.23 bits per heavy atom. The van der Waals surface area contributed by atoms with Gasteiger partial charge in [0.05, 0.1) is 0 Å². The topological polar surface area (TPSA) is 88.8 Å². The van der Waals surface area contributed by atoms with Crippen molar-refractivity contribution in [3.63, 3.8) is 0 Å². The molecule has 0 aliphatic heterocycles. The Morgan fingerprint density at radius 3 is 2.77 bits per heavy atom. The van der Waals surface area contributed by atoms with Gasteiger partial charge in [-0.15, -0.1) is 0 Å². The third kappa shape index (κ3) is 2.71. The molecule has 3 aromatic rings. The predicted molar refractivity (Wildman–Crippen MR) is 79.0 cm³/mol. The van der Waals surface area contributed by atoms with E-state index in [1.807, 2.05) is 0 Å². The van der Waals surface area contributed by atoms with Gasteiger partial charge in [-0.25, -0.2) is 9.37 Å². The van der Waals surface area contributed by atoms with Crippen LogP contribution in [0.1, 0.15) is 26.4 Å². The first-order chi connectivity index (χ1) is 10.5. The maximum Gasteiger partial charge on any atom is 0.265 e. The van der Waals surface area contributed by atoms with E-state index >= 15 is 0 Å². The molecule has 1 amide bonds. The Balaban J connectivity index is 1.87. The molecule has 0 saturated heterocycles. The van der Waals surface area contributed by atoms with Crippen LogP contribution in [0.15, 0.2) is 42.6 Å². The lowest BCUT2D eigenvalue weighted by atomic mass is 10.0. The summed E-state index contributed by atoms with van der Waals surface area (Å²) < 4.78 is 13.1. The number of hydrogen-bond donors (Lipinski definition) is 2. The van der Waals surface area contributed by atoms with Gasteiger partial charge in [0.15, 0.2) is 5.78 Å². The van der Waals surface area contributed by atoms with Crippen LogP contribution in [-0.4, -0.2) is 21.7 Å². The second kappa shape index (κ2) is 5.40. The van der Waals surface area contributed by atoms with Crippen LogP contribution < -0.4 is 5.73 Å². The van der Waals surface area contributed by atoms with E-state index in [1.165, 1.54) is 18.2 Å². The minimum atomic E-state index is -0.574. The van der Waals surface area contributed by atoms with Gasteiger partial charge in [0, 0.05) is 23.6 Å². The number of aromatic nitrogens is 2. The van der Waals surface area contributed by atoms with Crippen molar-refractivity contribution < 1.29 is 14.0 Å². The van der Waals surface area contributed by atoms with Gasteiger partial charge in [0.25, 0.3) is 5.91 Å². The summed E-state index contributed by atoms with van der Waals surface area (Å²) in [6.45, 7) is 0. The molecule has 0 atom stereocenters. The molecule has 0 bridgehead atoms. The number of halogens is 1. The van der Waals surface area contributed by atoms with Crippen molar-refractivity contribution in [3.05, 3.63) is 65.2 Å². The number of carbonyl (C=O) groups is 2. The van der Waals surface area contributed by atoms with Crippen molar-refractivity contribution in [2.75, 3.05) is 0 Å². The zero-order valence-electron chi connectivity index (χ0n) is 11.5. The molecule has 2 heterocycles. The number of H-pyrrole nitrogens is 1. The zero-order chi connectivity index (χ0) is 15.7. The smallest absolute Gasteiger partial charge is 0.265 e. The molecule has 0 spiro atoms. The standard InChI is InChI=1S/C16H12FN3O2/c17-12-3-1-2-10(6-12)14(21)5-9-4-11-7-13(15(18)22)20-16(11)19-8-9/h1-4,6-8H,5H2,(H2,18,22)(H,19,20). The summed E-state index contributed by atoms with van der Waals surface area (Å²) >= 11 is 0. The normalized spacial score (nSPS) is 10.8. The number of nitrogens with zero attached hydrogens (tertiary/aromatic N) is 1. The maximum absolute atomic E-state index is 13.1. The largest absolute Gasteiger partial charge is 0.364 e. The maximum atomic E-state index is 13.1. The third-order valence-electron chi connectivity index (χ3n) is 3.30. The van der Waals surface area contributed by atoms with Crippen LogP contribution in [0.3, 0.4) is 0 Å². The number of hydrogen-bond acceptors (Lipinski definition) is 3. The van der Waals surface area contributed by atoms with E-state index in [0.29, 0.717) is 22.2 Å². The highest BCUT2D eigenvalue weighted by atomic mass is 19.1. The van der Waals surface area contributed by atoms with E-state index in [-0.39, 0.29) is 17.9 Å². The fourth-order valence-electron chi connectivity index (χ4n) is 2.24. The molecule has 110 valence electrons. The number of benzene rings is 1. The number of amides is 1. The first-order valence-corrected chi connectivity index (χ1v) is 6.59. The average molecular weight is 297 g/mol. The summed E-state index contributed by atoms with van der Waals surface area (Å²) in [5.74, 6) is -1.22. The van der Waals surface area contributed by atoms with Gasteiger partial charge < -0.3 is 10.7 Å². The van der Waals surface area contributed by atoms with Crippen LogP contribution in [0.4, 0.5) is 4.39 Å². The SMILES string of the molecule is NC(=O)c1cc2cc(CC(=O)c3cccc(F)c3)cnc2[nH]1. The first kappa shape index (κ1) is 13.9. The fraction of sp³-hybridized carbons (Fsp3) is 0.0625. The summed E-state index contributed by atoms with van der Waals surface area (Å²) in [4.78, 5) is 30.2. The second-order valence-electron chi connectivity index (χ2n) is 4.94. The quantitative estimate of drug-likeness (QED) is 0.724. The third-order valence-corrected chi connectivity index (χ3v) is 3.30. The van der Waals surface area contributed by atoms with Crippen molar-refractivity contribution in [2.24, 2.45) is 5.73 Å². The van der Waals surface area contributed by atoms with E-state index in [9.17, 15) is 14.0 Å². The Kier molecular flexibility index (Phi) is 3.42. The van der Waals surface area contributed by atoms with Gasteiger partial charge in [-0.2, -0.15) is 0 Å². The van der Waals surface area contributed by atoms with Crippen LogP contribution in [0.2, 0.25) is 0 Å². The Labute approximate surface area is 125 Å². The van der Waals surface area contributed by atoms with Crippen LogP contribution in [-0.2, 0) is 6.42 Å². The Hall–Kier alpha value is -3.02. The summed E-state index contributed by atoms with van der Waals surface area (Å²) in [6, 6.07) is 8.89. The van der Waals surface area contributed by atoms with Crippen LogP contribution in [0.25, 0.3) is 11.0 Å². The van der Waals surface area contributed by atoms with Gasteiger partial charge in [0.1, 0.15) is 17.2 Å². The van der Waals surface area contributed by atoms with Crippen molar-refractivity contribution in [2.45, 2.75) is 6.42 Å². The number of Topliss-reactive ketones (excluding diaryl/α,β-unsaturated/α-hetero) is 1.